The Balaban J connectivity index is 1.55. The minimum absolute atomic E-state index is 0.0671. The lowest BCUT2D eigenvalue weighted by molar-refractivity contribution is -0.115. The monoisotopic (exact) mass is 367 g/mol. The summed E-state index contributed by atoms with van der Waals surface area (Å²) in [6.45, 7) is 2.08. The summed E-state index contributed by atoms with van der Waals surface area (Å²) in [6, 6.07) is 9.36. The Labute approximate surface area is 154 Å². The first-order valence-electron chi connectivity index (χ1n) is 8.05. The van der Waals surface area contributed by atoms with Crippen LogP contribution in [0.2, 0.25) is 0 Å². The molecule has 0 unspecified atom stereocenters. The summed E-state index contributed by atoms with van der Waals surface area (Å²) < 4.78 is 0. The van der Waals surface area contributed by atoms with E-state index in [-0.39, 0.29) is 18.2 Å². The van der Waals surface area contributed by atoms with Gasteiger partial charge in [-0.05, 0) is 30.2 Å². The van der Waals surface area contributed by atoms with Gasteiger partial charge in [0.15, 0.2) is 5.13 Å². The van der Waals surface area contributed by atoms with Gasteiger partial charge in [0.2, 0.25) is 11.7 Å². The van der Waals surface area contributed by atoms with Crippen LogP contribution in [-0.2, 0) is 17.6 Å². The van der Waals surface area contributed by atoms with Crippen LogP contribution >= 0.6 is 11.3 Å². The molecular formula is C18H17N5O2S. The third-order valence-corrected chi connectivity index (χ3v) is 4.34. The summed E-state index contributed by atoms with van der Waals surface area (Å²) in [4.78, 5) is 36.1. The molecule has 0 saturated heterocycles. The predicted molar refractivity (Wildman–Crippen MR) is 100 cm³/mol. The van der Waals surface area contributed by atoms with Gasteiger partial charge in [0.05, 0.1) is 12.1 Å². The fraction of sp³-hybridized carbons (Fsp3) is 0.167. The molecule has 2 N–H and O–H groups in total. The number of hydrogen-bond donors (Lipinski definition) is 2. The Hall–Kier alpha value is -3.13. The maximum atomic E-state index is 12.1. The first-order valence-corrected chi connectivity index (χ1v) is 8.93. The Bertz CT molecular complexity index is 893. The van der Waals surface area contributed by atoms with Gasteiger partial charge in [0.1, 0.15) is 0 Å². The van der Waals surface area contributed by atoms with Gasteiger partial charge < -0.3 is 5.32 Å². The molecule has 0 bridgehead atoms. The molecule has 1 aromatic carbocycles. The summed E-state index contributed by atoms with van der Waals surface area (Å²) in [5.74, 6) is -0.534. The van der Waals surface area contributed by atoms with Gasteiger partial charge in [-0.1, -0.05) is 19.1 Å². The molecule has 0 aliphatic rings. The van der Waals surface area contributed by atoms with Crippen molar-refractivity contribution in [1.29, 1.82) is 0 Å². The largest absolute Gasteiger partial charge is 0.326 e. The molecule has 26 heavy (non-hydrogen) atoms. The van der Waals surface area contributed by atoms with Crippen LogP contribution in [0.25, 0.3) is 0 Å². The maximum Gasteiger partial charge on any atom is 0.295 e. The summed E-state index contributed by atoms with van der Waals surface area (Å²) in [7, 11) is 0. The van der Waals surface area contributed by atoms with Crippen LogP contribution in [0.15, 0.2) is 48.1 Å². The van der Waals surface area contributed by atoms with E-state index in [9.17, 15) is 9.59 Å². The number of thiazole rings is 1. The Morgan fingerprint density at radius 3 is 2.50 bits per heavy atom. The Kier molecular flexibility index (Phi) is 5.65. The van der Waals surface area contributed by atoms with Crippen LogP contribution in [0.5, 0.6) is 0 Å². The van der Waals surface area contributed by atoms with Crippen molar-refractivity contribution in [2.75, 3.05) is 10.6 Å². The predicted octanol–water partition coefficient (Wildman–Crippen LogP) is 2.93. The average Bonchev–Trinajstić information content (AvgIpc) is 3.09. The molecular weight excluding hydrogens is 350 g/mol. The van der Waals surface area contributed by atoms with Crippen LogP contribution in [0.3, 0.4) is 0 Å². The molecule has 3 rings (SSSR count). The first kappa shape index (κ1) is 17.7. The molecule has 3 aromatic rings. The number of benzene rings is 1. The van der Waals surface area contributed by atoms with Gasteiger partial charge in [-0.25, -0.2) is 15.0 Å². The molecule has 0 spiro atoms. The normalized spacial score (nSPS) is 10.3. The van der Waals surface area contributed by atoms with E-state index < -0.39 is 5.91 Å². The van der Waals surface area contributed by atoms with Crippen molar-refractivity contribution < 1.29 is 9.59 Å². The quantitative estimate of drug-likeness (QED) is 0.698. The van der Waals surface area contributed by atoms with Crippen molar-refractivity contribution in [3.63, 3.8) is 0 Å². The van der Waals surface area contributed by atoms with Crippen molar-refractivity contribution in [2.24, 2.45) is 0 Å². The number of hydrogen-bond acceptors (Lipinski definition) is 6. The zero-order chi connectivity index (χ0) is 18.4. The molecule has 0 atom stereocenters. The molecule has 8 heteroatoms. The number of rotatable bonds is 6. The summed E-state index contributed by atoms with van der Waals surface area (Å²) >= 11 is 1.25. The third-order valence-electron chi connectivity index (χ3n) is 3.53. The fourth-order valence-corrected chi connectivity index (χ4v) is 2.91. The van der Waals surface area contributed by atoms with Crippen LogP contribution < -0.4 is 10.6 Å². The number of anilines is 2. The van der Waals surface area contributed by atoms with Crippen LogP contribution in [0.4, 0.5) is 10.8 Å². The van der Waals surface area contributed by atoms with Gasteiger partial charge in [0.25, 0.3) is 5.91 Å². The van der Waals surface area contributed by atoms with E-state index in [4.69, 9.17) is 0 Å². The Morgan fingerprint density at radius 2 is 1.81 bits per heavy atom. The molecule has 132 valence electrons. The highest BCUT2D eigenvalue weighted by atomic mass is 32.1. The van der Waals surface area contributed by atoms with Gasteiger partial charge in [-0.15, -0.1) is 11.3 Å². The molecule has 0 aliphatic heterocycles. The summed E-state index contributed by atoms with van der Waals surface area (Å²) in [5.41, 5.74) is 2.55. The minimum Gasteiger partial charge on any atom is -0.326 e. The zero-order valence-electron chi connectivity index (χ0n) is 14.1. The molecule has 2 amide bonds. The number of carbonyl (C=O) groups is 2. The lowest BCUT2D eigenvalue weighted by Crippen LogP contribution is -2.16. The van der Waals surface area contributed by atoms with Crippen LogP contribution in [-0.4, -0.2) is 26.8 Å². The van der Waals surface area contributed by atoms with Gasteiger partial charge in [-0.2, -0.15) is 0 Å². The van der Waals surface area contributed by atoms with E-state index in [1.165, 1.54) is 29.3 Å². The van der Waals surface area contributed by atoms with Crippen molar-refractivity contribution in [3.05, 3.63) is 65.2 Å². The molecule has 2 heterocycles. The van der Waals surface area contributed by atoms with Crippen LogP contribution in [0, 0.1) is 0 Å². The first-order chi connectivity index (χ1) is 12.6. The lowest BCUT2D eigenvalue weighted by Gasteiger charge is -2.05. The second-order valence-electron chi connectivity index (χ2n) is 5.45. The van der Waals surface area contributed by atoms with E-state index in [2.05, 4.69) is 32.5 Å². The van der Waals surface area contributed by atoms with E-state index in [1.54, 1.807) is 11.4 Å². The number of nitrogens with zero attached hydrogens (tertiary/aromatic N) is 3. The highest BCUT2D eigenvalue weighted by Gasteiger charge is 2.13. The van der Waals surface area contributed by atoms with Crippen molar-refractivity contribution in [1.82, 2.24) is 15.0 Å². The topological polar surface area (TPSA) is 96.9 Å². The molecule has 7 nitrogen and oxygen atoms in total. The van der Waals surface area contributed by atoms with Crippen molar-refractivity contribution in [2.45, 2.75) is 19.8 Å². The summed E-state index contributed by atoms with van der Waals surface area (Å²) in [5, 5.41) is 7.60. The molecule has 0 radical (unpaired) electrons. The van der Waals surface area contributed by atoms with Crippen molar-refractivity contribution in [3.8, 4) is 0 Å². The van der Waals surface area contributed by atoms with Gasteiger partial charge in [0, 0.05) is 23.5 Å². The average molecular weight is 367 g/mol. The minimum atomic E-state index is -0.438. The highest BCUT2D eigenvalue weighted by Crippen LogP contribution is 2.17. The molecule has 0 aliphatic carbocycles. The van der Waals surface area contributed by atoms with Crippen LogP contribution in [0.1, 0.15) is 28.8 Å². The second kappa shape index (κ2) is 8.30. The highest BCUT2D eigenvalue weighted by molar-refractivity contribution is 7.14. The molecule has 2 aromatic heterocycles. The van der Waals surface area contributed by atoms with E-state index in [0.29, 0.717) is 10.8 Å². The Morgan fingerprint density at radius 1 is 1.08 bits per heavy atom. The smallest absolute Gasteiger partial charge is 0.295 e. The fourth-order valence-electron chi connectivity index (χ4n) is 2.21. The third kappa shape index (κ3) is 4.70. The molecule has 0 fully saturated rings. The standard InChI is InChI=1S/C18H17N5O2S/c1-2-12-4-6-13(7-5-12)21-15(24)10-14-11-26-18(22-14)23-17(25)16-19-8-3-9-20-16/h3-9,11H,2,10H2,1H3,(H,21,24)(H,22,23,25). The van der Waals surface area contributed by atoms with Gasteiger partial charge in [-0.3, -0.25) is 14.9 Å². The van der Waals surface area contributed by atoms with Gasteiger partial charge >= 0.3 is 0 Å². The van der Waals surface area contributed by atoms with E-state index in [0.717, 1.165) is 12.1 Å². The molecule has 0 saturated carbocycles. The van der Waals surface area contributed by atoms with E-state index >= 15 is 0 Å². The summed E-state index contributed by atoms with van der Waals surface area (Å²) in [6.07, 6.45) is 4.07. The van der Waals surface area contributed by atoms with Crippen molar-refractivity contribution >= 4 is 34.0 Å². The number of nitrogens with one attached hydrogen (secondary N) is 2. The lowest BCUT2D eigenvalue weighted by atomic mass is 10.1. The number of amides is 2. The zero-order valence-corrected chi connectivity index (χ0v) is 14.9. The number of aryl methyl sites for hydroxylation is 1. The SMILES string of the molecule is CCc1ccc(NC(=O)Cc2csc(NC(=O)c3ncccn3)n2)cc1. The maximum absolute atomic E-state index is 12.1. The second-order valence-corrected chi connectivity index (χ2v) is 6.30. The number of carbonyl (C=O) groups excluding carboxylic acids is 2. The number of aromatic nitrogens is 3. The van der Waals surface area contributed by atoms with E-state index in [1.807, 2.05) is 24.3 Å².